The molecule has 1 aliphatic rings. The summed E-state index contributed by atoms with van der Waals surface area (Å²) in [4.78, 5) is 11.8. The van der Waals surface area contributed by atoms with Gasteiger partial charge in [-0.1, -0.05) is 6.42 Å². The van der Waals surface area contributed by atoms with Crippen LogP contribution < -0.4 is 20.5 Å². The molecule has 1 unspecified atom stereocenters. The molecule has 1 fully saturated rings. The number of ether oxygens (including phenoxy) is 2. The Labute approximate surface area is 166 Å². The van der Waals surface area contributed by atoms with Crippen molar-refractivity contribution in [2.75, 3.05) is 33.9 Å². The van der Waals surface area contributed by atoms with Gasteiger partial charge in [0.1, 0.15) is 11.5 Å². The maximum absolute atomic E-state index is 13.2. The van der Waals surface area contributed by atoms with Gasteiger partial charge in [0.15, 0.2) is 0 Å². The van der Waals surface area contributed by atoms with E-state index in [9.17, 15) is 13.2 Å². The Balaban J connectivity index is 0.00000364. The first kappa shape index (κ1) is 23.5. The second-order valence-electron chi connectivity index (χ2n) is 6.16. The van der Waals surface area contributed by atoms with Crippen LogP contribution in [0.1, 0.15) is 25.7 Å². The standard InChI is InChI=1S/C17H27N3O5S.ClH/c1-24-14-9-15(25-2)11-16(10-14)26(22,23)20-8-4-3-5-13(20)12-19-17(21)6-7-18;/h9-11,13H,3-8,12,18H2,1-2H3,(H,19,21);1H. The van der Waals surface area contributed by atoms with Crippen LogP contribution in [0, 0.1) is 0 Å². The minimum atomic E-state index is -3.74. The molecule has 1 aromatic carbocycles. The largest absolute Gasteiger partial charge is 0.497 e. The Bertz CT molecular complexity index is 707. The molecule has 1 aliphatic heterocycles. The molecule has 8 nitrogen and oxygen atoms in total. The lowest BCUT2D eigenvalue weighted by molar-refractivity contribution is -0.121. The molecule has 0 saturated carbocycles. The number of rotatable bonds is 8. The number of benzene rings is 1. The quantitative estimate of drug-likeness (QED) is 0.651. The SMILES string of the molecule is COc1cc(OC)cc(S(=O)(=O)N2CCCCC2CNC(=O)CCN)c1.Cl. The predicted molar refractivity (Wildman–Crippen MR) is 105 cm³/mol. The van der Waals surface area contributed by atoms with Gasteiger partial charge in [0.05, 0.1) is 19.1 Å². The first-order valence-electron chi connectivity index (χ1n) is 8.64. The lowest BCUT2D eigenvalue weighted by Gasteiger charge is -2.34. The number of nitrogens with one attached hydrogen (secondary N) is 1. The third-order valence-electron chi connectivity index (χ3n) is 4.41. The molecule has 0 bridgehead atoms. The van der Waals surface area contributed by atoms with Crippen molar-refractivity contribution in [3.05, 3.63) is 18.2 Å². The number of sulfonamides is 1. The fraction of sp³-hybridized carbons (Fsp3) is 0.588. The van der Waals surface area contributed by atoms with Gasteiger partial charge in [0.25, 0.3) is 0 Å². The molecule has 2 rings (SSSR count). The predicted octanol–water partition coefficient (Wildman–Crippen LogP) is 1.13. The molecule has 0 radical (unpaired) electrons. The molecule has 1 atom stereocenters. The van der Waals surface area contributed by atoms with E-state index in [0.29, 0.717) is 24.5 Å². The third kappa shape index (κ3) is 5.97. The van der Waals surface area contributed by atoms with Crippen molar-refractivity contribution in [1.29, 1.82) is 0 Å². The van der Waals surface area contributed by atoms with Gasteiger partial charge in [-0.2, -0.15) is 4.31 Å². The highest BCUT2D eigenvalue weighted by Gasteiger charge is 2.34. The summed E-state index contributed by atoms with van der Waals surface area (Å²) in [6.45, 7) is 0.959. The Hall–Kier alpha value is -1.55. The van der Waals surface area contributed by atoms with E-state index in [0.717, 1.165) is 12.8 Å². The molecule has 0 aromatic heterocycles. The monoisotopic (exact) mass is 421 g/mol. The second kappa shape index (κ2) is 10.7. The lowest BCUT2D eigenvalue weighted by Crippen LogP contribution is -2.49. The maximum atomic E-state index is 13.2. The number of hydrogen-bond donors (Lipinski definition) is 2. The number of piperidine rings is 1. The Kier molecular flexibility index (Phi) is 9.31. The first-order valence-corrected chi connectivity index (χ1v) is 10.1. The van der Waals surface area contributed by atoms with Crippen molar-refractivity contribution in [2.24, 2.45) is 5.73 Å². The van der Waals surface area contributed by atoms with Crippen LogP contribution in [0.15, 0.2) is 23.1 Å². The molecule has 154 valence electrons. The summed E-state index contributed by atoms with van der Waals surface area (Å²) in [5, 5.41) is 2.78. The van der Waals surface area contributed by atoms with Crippen LogP contribution in [-0.2, 0) is 14.8 Å². The minimum absolute atomic E-state index is 0. The lowest BCUT2D eigenvalue weighted by atomic mass is 10.1. The van der Waals surface area contributed by atoms with Gasteiger partial charge in [-0.15, -0.1) is 12.4 Å². The highest BCUT2D eigenvalue weighted by molar-refractivity contribution is 7.89. The van der Waals surface area contributed by atoms with Gasteiger partial charge in [0, 0.05) is 50.3 Å². The van der Waals surface area contributed by atoms with Gasteiger partial charge >= 0.3 is 0 Å². The molecule has 1 saturated heterocycles. The fourth-order valence-electron chi connectivity index (χ4n) is 3.01. The summed E-state index contributed by atoms with van der Waals surface area (Å²) in [6.07, 6.45) is 2.63. The van der Waals surface area contributed by atoms with Crippen LogP contribution in [0.25, 0.3) is 0 Å². The molecule has 0 aliphatic carbocycles. The number of nitrogens with zero attached hydrogens (tertiary/aromatic N) is 1. The van der Waals surface area contributed by atoms with Crippen LogP contribution in [0.5, 0.6) is 11.5 Å². The van der Waals surface area contributed by atoms with Crippen molar-refractivity contribution < 1.29 is 22.7 Å². The van der Waals surface area contributed by atoms with Crippen molar-refractivity contribution >= 4 is 28.3 Å². The van der Waals surface area contributed by atoms with Gasteiger partial charge in [0.2, 0.25) is 15.9 Å². The highest BCUT2D eigenvalue weighted by atomic mass is 35.5. The average molecular weight is 422 g/mol. The first-order chi connectivity index (χ1) is 12.4. The van der Waals surface area contributed by atoms with E-state index >= 15 is 0 Å². The summed E-state index contributed by atoms with van der Waals surface area (Å²) in [5.74, 6) is 0.652. The summed E-state index contributed by atoms with van der Waals surface area (Å²) in [6, 6.07) is 4.31. The zero-order valence-corrected chi connectivity index (χ0v) is 17.3. The third-order valence-corrected chi connectivity index (χ3v) is 6.34. The van der Waals surface area contributed by atoms with Gasteiger partial charge in [-0.3, -0.25) is 4.79 Å². The second-order valence-corrected chi connectivity index (χ2v) is 8.05. The van der Waals surface area contributed by atoms with Gasteiger partial charge < -0.3 is 20.5 Å². The van der Waals surface area contributed by atoms with Crippen LogP contribution in [0.3, 0.4) is 0 Å². The highest BCUT2D eigenvalue weighted by Crippen LogP contribution is 2.30. The van der Waals surface area contributed by atoms with E-state index in [4.69, 9.17) is 15.2 Å². The smallest absolute Gasteiger partial charge is 0.243 e. The van der Waals surface area contributed by atoms with Crippen molar-refractivity contribution in [3.8, 4) is 11.5 Å². The summed E-state index contributed by atoms with van der Waals surface area (Å²) < 4.78 is 38.2. The van der Waals surface area contributed by atoms with Gasteiger partial charge in [-0.25, -0.2) is 8.42 Å². The molecule has 3 N–H and O–H groups in total. The number of amides is 1. The molecule has 10 heteroatoms. The number of carbonyl (C=O) groups excluding carboxylic acids is 1. The van der Waals surface area contributed by atoms with E-state index in [-0.39, 0.29) is 48.8 Å². The Morgan fingerprint density at radius 2 is 1.85 bits per heavy atom. The molecular weight excluding hydrogens is 394 g/mol. The summed E-state index contributed by atoms with van der Waals surface area (Å²) in [5.41, 5.74) is 5.37. The number of carbonyl (C=O) groups is 1. The fourth-order valence-corrected chi connectivity index (χ4v) is 4.75. The molecule has 1 heterocycles. The van der Waals surface area contributed by atoms with E-state index in [1.807, 2.05) is 0 Å². The van der Waals surface area contributed by atoms with Crippen LogP contribution in [-0.4, -0.2) is 58.5 Å². The molecule has 1 amide bonds. The van der Waals surface area contributed by atoms with E-state index < -0.39 is 10.0 Å². The molecule has 1 aromatic rings. The molecule has 27 heavy (non-hydrogen) atoms. The summed E-state index contributed by atoms with van der Waals surface area (Å²) >= 11 is 0. The van der Waals surface area contributed by atoms with Crippen LogP contribution in [0.4, 0.5) is 0 Å². The zero-order valence-electron chi connectivity index (χ0n) is 15.6. The Morgan fingerprint density at radius 3 is 2.41 bits per heavy atom. The van der Waals surface area contributed by atoms with E-state index in [1.165, 1.54) is 30.7 Å². The van der Waals surface area contributed by atoms with E-state index in [1.54, 1.807) is 6.07 Å². The van der Waals surface area contributed by atoms with E-state index in [2.05, 4.69) is 5.32 Å². The van der Waals surface area contributed by atoms with Crippen LogP contribution in [0.2, 0.25) is 0 Å². The molecular formula is C17H28ClN3O5S. The number of methoxy groups -OCH3 is 2. The van der Waals surface area contributed by atoms with Crippen LogP contribution >= 0.6 is 12.4 Å². The Morgan fingerprint density at radius 1 is 1.22 bits per heavy atom. The summed E-state index contributed by atoms with van der Waals surface area (Å²) in [7, 11) is -0.791. The van der Waals surface area contributed by atoms with Gasteiger partial charge in [-0.05, 0) is 12.8 Å². The zero-order chi connectivity index (χ0) is 19.2. The van der Waals surface area contributed by atoms with Crippen molar-refractivity contribution in [1.82, 2.24) is 9.62 Å². The maximum Gasteiger partial charge on any atom is 0.243 e. The minimum Gasteiger partial charge on any atom is -0.497 e. The number of halogens is 1. The number of hydrogen-bond acceptors (Lipinski definition) is 6. The van der Waals surface area contributed by atoms with Crippen molar-refractivity contribution in [2.45, 2.75) is 36.6 Å². The average Bonchev–Trinajstić information content (AvgIpc) is 2.66. The number of nitrogens with two attached hydrogens (primary N) is 1. The molecule has 0 spiro atoms. The topological polar surface area (TPSA) is 111 Å². The normalized spacial score (nSPS) is 17.7. The van der Waals surface area contributed by atoms with Crippen molar-refractivity contribution in [3.63, 3.8) is 0 Å².